The highest BCUT2D eigenvalue weighted by atomic mass is 31.2. The van der Waals surface area contributed by atoms with Gasteiger partial charge in [0.25, 0.3) is 0 Å². The Morgan fingerprint density at radius 3 is 1.42 bits per heavy atom. The van der Waals surface area contributed by atoms with Crippen LogP contribution >= 0.6 is 7.82 Å². The Bertz CT molecular complexity index is 1380. The van der Waals surface area contributed by atoms with Gasteiger partial charge in [-0.15, -0.1) is 0 Å². The molecule has 0 saturated heterocycles. The lowest BCUT2D eigenvalue weighted by molar-refractivity contribution is -0.220. The zero-order valence-corrected chi connectivity index (χ0v) is 40.2. The fourth-order valence-corrected chi connectivity index (χ4v) is 7.85. The molecule has 6 N–H and O–H groups in total. The summed E-state index contributed by atoms with van der Waals surface area (Å²) in [6, 6.07) is 0. The van der Waals surface area contributed by atoms with Crippen LogP contribution in [0.4, 0.5) is 0 Å². The fraction of sp³-hybridized carbons (Fsp3) is 0.706. The van der Waals surface area contributed by atoms with E-state index in [2.05, 4.69) is 98.9 Å². The summed E-state index contributed by atoms with van der Waals surface area (Å²) in [7, 11) is -5.03. The van der Waals surface area contributed by atoms with Gasteiger partial charge in [0, 0.05) is 13.0 Å². The first kappa shape index (κ1) is 59.5. The van der Waals surface area contributed by atoms with Crippen LogP contribution in [-0.4, -0.2) is 98.9 Å². The van der Waals surface area contributed by atoms with Gasteiger partial charge in [-0.2, -0.15) is 0 Å². The summed E-state index contributed by atoms with van der Waals surface area (Å²) < 4.78 is 34.2. The fourth-order valence-electron chi connectivity index (χ4n) is 6.88. The summed E-state index contributed by atoms with van der Waals surface area (Å²) in [6.45, 7) is 4.06. The third-order valence-electron chi connectivity index (χ3n) is 10.8. The van der Waals surface area contributed by atoms with Gasteiger partial charge in [-0.1, -0.05) is 157 Å². The van der Waals surface area contributed by atoms with E-state index in [9.17, 15) is 39.8 Å². The molecule has 0 heterocycles. The van der Waals surface area contributed by atoms with E-state index in [1.165, 1.54) is 25.7 Å². The van der Waals surface area contributed by atoms with E-state index in [4.69, 9.17) is 18.5 Å². The number of hydrogen-bond acceptors (Lipinski definition) is 11. The van der Waals surface area contributed by atoms with Crippen LogP contribution in [0.25, 0.3) is 0 Å². The highest BCUT2D eigenvalue weighted by molar-refractivity contribution is 7.47. The topological polar surface area (TPSA) is 192 Å². The molecule has 1 rings (SSSR count). The van der Waals surface area contributed by atoms with Gasteiger partial charge < -0.3 is 39.9 Å². The molecule has 0 aromatic heterocycles. The van der Waals surface area contributed by atoms with Crippen molar-refractivity contribution in [2.75, 3.05) is 19.8 Å². The molecule has 1 fully saturated rings. The lowest BCUT2D eigenvalue weighted by Gasteiger charge is -2.41. The van der Waals surface area contributed by atoms with Crippen molar-refractivity contribution in [3.05, 3.63) is 85.1 Å². The number of phosphoric ester groups is 1. The molecule has 0 aromatic rings. The summed E-state index contributed by atoms with van der Waals surface area (Å²) in [5, 5.41) is 50.2. The molecule has 64 heavy (non-hydrogen) atoms. The molecule has 6 unspecified atom stereocenters. The van der Waals surface area contributed by atoms with Gasteiger partial charge in [0.15, 0.2) is 0 Å². The standard InChI is InChI=1S/C51H87O12P/c1-3-5-7-9-11-13-15-17-18-19-20-21-22-23-24-25-26-27-29-31-33-35-37-39-41-60-42-44(43-61-64(58,59)63-51-49(56)47(54)46(53)48(55)50(51)57)62-45(52)40-38-36-34-32-30-28-16-14-12-10-8-6-4-2/h5,7,11,13-14,16-18,20-21,23-24,26-27,44,46-51,53-57H,3-4,6,8-10,12,15,19,22,25,28-43H2,1-2H3,(H,58,59)/b7-5-,13-11-,16-14-,18-17-,21-20-,24-23-,27-26-. The Labute approximate surface area is 386 Å². The van der Waals surface area contributed by atoms with Gasteiger partial charge in [0.2, 0.25) is 0 Å². The Hall–Kier alpha value is -2.48. The summed E-state index contributed by atoms with van der Waals surface area (Å²) in [6.07, 6.45) is 42.2. The lowest BCUT2D eigenvalue weighted by atomic mass is 9.85. The van der Waals surface area contributed by atoms with Gasteiger partial charge in [-0.3, -0.25) is 13.8 Å². The SMILES string of the molecule is CC/C=C\C/C=C\C/C=C\C/C=C\C/C=C\C/C=C\CCCCCCCOCC(COP(=O)(O)OC1C(O)C(O)C(O)C(O)C1O)OC(=O)CCCCCCC/C=C\CCCCCC. The molecule has 0 bridgehead atoms. The second-order valence-electron chi connectivity index (χ2n) is 16.6. The predicted octanol–water partition coefficient (Wildman–Crippen LogP) is 10.5. The van der Waals surface area contributed by atoms with Crippen molar-refractivity contribution in [2.24, 2.45) is 0 Å². The van der Waals surface area contributed by atoms with Crippen LogP contribution in [0.1, 0.15) is 168 Å². The van der Waals surface area contributed by atoms with Gasteiger partial charge in [0.05, 0.1) is 13.2 Å². The van der Waals surface area contributed by atoms with E-state index in [-0.39, 0.29) is 13.0 Å². The number of phosphoric acid groups is 1. The number of esters is 1. The number of rotatable bonds is 40. The molecule has 0 radical (unpaired) electrons. The second-order valence-corrected chi connectivity index (χ2v) is 18.0. The summed E-state index contributed by atoms with van der Waals surface area (Å²) in [4.78, 5) is 23.2. The van der Waals surface area contributed by atoms with Crippen molar-refractivity contribution in [1.29, 1.82) is 0 Å². The van der Waals surface area contributed by atoms with E-state index >= 15 is 0 Å². The minimum absolute atomic E-state index is 0.0984. The van der Waals surface area contributed by atoms with Crippen molar-refractivity contribution in [2.45, 2.75) is 211 Å². The number of unbranched alkanes of at least 4 members (excludes halogenated alkanes) is 14. The molecule has 0 aromatic carbocycles. The van der Waals surface area contributed by atoms with E-state index in [0.29, 0.717) is 13.0 Å². The van der Waals surface area contributed by atoms with Gasteiger partial charge in [0.1, 0.15) is 42.7 Å². The molecule has 368 valence electrons. The van der Waals surface area contributed by atoms with Crippen LogP contribution in [0.15, 0.2) is 85.1 Å². The normalized spacial score (nSPS) is 22.4. The maximum absolute atomic E-state index is 12.8. The lowest BCUT2D eigenvalue weighted by Crippen LogP contribution is -2.64. The molecular weight excluding hydrogens is 836 g/mol. The minimum atomic E-state index is -5.03. The monoisotopic (exact) mass is 923 g/mol. The minimum Gasteiger partial charge on any atom is -0.457 e. The van der Waals surface area contributed by atoms with Crippen LogP contribution in [0.3, 0.4) is 0 Å². The Kier molecular flexibility index (Phi) is 37.9. The van der Waals surface area contributed by atoms with Crippen molar-refractivity contribution in [3.63, 3.8) is 0 Å². The summed E-state index contributed by atoms with van der Waals surface area (Å²) >= 11 is 0. The largest absolute Gasteiger partial charge is 0.472 e. The van der Waals surface area contributed by atoms with Crippen molar-refractivity contribution in [3.8, 4) is 0 Å². The van der Waals surface area contributed by atoms with E-state index in [1.807, 2.05) is 0 Å². The smallest absolute Gasteiger partial charge is 0.457 e. The van der Waals surface area contributed by atoms with Crippen molar-refractivity contribution < 1.29 is 58.3 Å². The quantitative estimate of drug-likeness (QED) is 0.0148. The zero-order valence-electron chi connectivity index (χ0n) is 39.3. The van der Waals surface area contributed by atoms with Crippen LogP contribution < -0.4 is 0 Å². The Balaban J connectivity index is 2.37. The van der Waals surface area contributed by atoms with Crippen molar-refractivity contribution >= 4 is 13.8 Å². The highest BCUT2D eigenvalue weighted by Crippen LogP contribution is 2.47. The van der Waals surface area contributed by atoms with E-state index < -0.39 is 63.1 Å². The average molecular weight is 923 g/mol. The first-order valence-electron chi connectivity index (χ1n) is 24.4. The molecular formula is C51H87O12P. The van der Waals surface area contributed by atoms with Gasteiger partial charge in [-0.25, -0.2) is 4.57 Å². The van der Waals surface area contributed by atoms with Crippen LogP contribution in [0.2, 0.25) is 0 Å². The average Bonchev–Trinajstić information content (AvgIpc) is 3.28. The molecule has 1 aliphatic carbocycles. The van der Waals surface area contributed by atoms with Crippen LogP contribution in [0, 0.1) is 0 Å². The van der Waals surface area contributed by atoms with Gasteiger partial charge in [-0.05, 0) is 89.9 Å². The Morgan fingerprint density at radius 1 is 0.516 bits per heavy atom. The van der Waals surface area contributed by atoms with Crippen LogP contribution in [0.5, 0.6) is 0 Å². The zero-order chi connectivity index (χ0) is 46.9. The third-order valence-corrected chi connectivity index (χ3v) is 11.7. The number of hydrogen-bond donors (Lipinski definition) is 6. The van der Waals surface area contributed by atoms with Crippen LogP contribution in [-0.2, 0) is 27.9 Å². The molecule has 1 aliphatic rings. The van der Waals surface area contributed by atoms with Gasteiger partial charge >= 0.3 is 13.8 Å². The summed E-state index contributed by atoms with van der Waals surface area (Å²) in [5.41, 5.74) is 0. The molecule has 12 nitrogen and oxygen atoms in total. The van der Waals surface area contributed by atoms with E-state index in [1.54, 1.807) is 0 Å². The number of carbonyl (C=O) groups excluding carboxylic acids is 1. The molecule has 0 amide bonds. The molecule has 0 spiro atoms. The first-order chi connectivity index (χ1) is 31.0. The third kappa shape index (κ3) is 32.2. The molecule has 0 aliphatic heterocycles. The number of aliphatic hydroxyl groups excluding tert-OH is 5. The number of carbonyl (C=O) groups is 1. The maximum Gasteiger partial charge on any atom is 0.472 e. The highest BCUT2D eigenvalue weighted by Gasteiger charge is 2.51. The van der Waals surface area contributed by atoms with Crippen molar-refractivity contribution in [1.82, 2.24) is 0 Å². The predicted molar refractivity (Wildman–Crippen MR) is 258 cm³/mol. The number of ether oxygens (including phenoxy) is 2. The molecule has 13 heteroatoms. The van der Waals surface area contributed by atoms with E-state index in [0.717, 1.165) is 116 Å². The number of aliphatic hydroxyl groups is 5. The second kappa shape index (κ2) is 40.8. The number of allylic oxidation sites excluding steroid dienone is 14. The summed E-state index contributed by atoms with van der Waals surface area (Å²) in [5.74, 6) is -0.498. The first-order valence-corrected chi connectivity index (χ1v) is 25.9. The molecule has 1 saturated carbocycles. The maximum atomic E-state index is 12.8. The Morgan fingerprint density at radius 2 is 0.922 bits per heavy atom. The molecule has 6 atom stereocenters.